The van der Waals surface area contributed by atoms with Crippen molar-refractivity contribution in [1.29, 1.82) is 0 Å². The Morgan fingerprint density at radius 2 is 1.76 bits per heavy atom. The molecule has 0 aliphatic carbocycles. The fourth-order valence-corrected chi connectivity index (χ4v) is 6.10. The van der Waals surface area contributed by atoms with Crippen molar-refractivity contribution < 1.29 is 28.5 Å². The summed E-state index contributed by atoms with van der Waals surface area (Å²) in [4.78, 5) is 17.2. The predicted molar refractivity (Wildman–Crippen MR) is 158 cm³/mol. The number of hydrogen-bond acceptors (Lipinski definition) is 8. The van der Waals surface area contributed by atoms with Crippen LogP contribution < -0.4 is 19.7 Å². The van der Waals surface area contributed by atoms with E-state index in [0.717, 1.165) is 80.4 Å². The van der Waals surface area contributed by atoms with Gasteiger partial charge in [-0.3, -0.25) is 4.79 Å². The number of hydrogen-bond donors (Lipinski definition) is 1. The average molecular weight is 568 g/mol. The van der Waals surface area contributed by atoms with E-state index in [1.54, 1.807) is 14.2 Å². The second kappa shape index (κ2) is 14.9. The van der Waals surface area contributed by atoms with Gasteiger partial charge in [0.25, 0.3) is 0 Å². The molecule has 224 valence electrons. The van der Waals surface area contributed by atoms with Gasteiger partial charge in [-0.2, -0.15) is 0 Å². The molecular weight excluding hydrogens is 522 g/mol. The number of fused-ring (bicyclic) bond motifs is 1. The van der Waals surface area contributed by atoms with Gasteiger partial charge in [-0.25, -0.2) is 0 Å². The molecule has 9 heteroatoms. The Kier molecular flexibility index (Phi) is 10.7. The molecule has 2 fully saturated rings. The van der Waals surface area contributed by atoms with Crippen molar-refractivity contribution in [3.8, 4) is 11.5 Å². The first-order valence-corrected chi connectivity index (χ1v) is 15.0. The van der Waals surface area contributed by atoms with Crippen molar-refractivity contribution in [1.82, 2.24) is 10.2 Å². The highest BCUT2D eigenvalue weighted by atomic mass is 16.5. The van der Waals surface area contributed by atoms with E-state index in [1.807, 2.05) is 17.0 Å². The summed E-state index contributed by atoms with van der Waals surface area (Å²) in [6, 6.07) is 14.4. The lowest BCUT2D eigenvalue weighted by Crippen LogP contribution is -2.51. The molecule has 0 aromatic heterocycles. The quantitative estimate of drug-likeness (QED) is 0.390. The minimum absolute atomic E-state index is 0.0252. The lowest BCUT2D eigenvalue weighted by atomic mass is 9.85. The maximum absolute atomic E-state index is 12.9. The number of carbonyl (C=O) groups excluding carboxylic acids is 1. The number of amides is 1. The number of nitrogens with zero attached hydrogens (tertiary/aromatic N) is 2. The molecule has 3 atom stereocenters. The van der Waals surface area contributed by atoms with Gasteiger partial charge in [0, 0.05) is 52.4 Å². The van der Waals surface area contributed by atoms with E-state index >= 15 is 0 Å². The molecule has 0 saturated carbocycles. The van der Waals surface area contributed by atoms with Crippen LogP contribution in [-0.2, 0) is 25.6 Å². The van der Waals surface area contributed by atoms with Gasteiger partial charge >= 0.3 is 0 Å². The molecule has 3 aliphatic rings. The number of carbonyl (C=O) groups is 1. The maximum atomic E-state index is 12.9. The fourth-order valence-electron chi connectivity index (χ4n) is 6.10. The van der Waals surface area contributed by atoms with Gasteiger partial charge in [0.1, 0.15) is 24.7 Å². The number of nitrogens with one attached hydrogen (secondary N) is 1. The zero-order valence-electron chi connectivity index (χ0n) is 24.5. The molecule has 5 rings (SSSR count). The topological polar surface area (TPSA) is 81.7 Å². The van der Waals surface area contributed by atoms with Crippen LogP contribution >= 0.6 is 0 Å². The first-order valence-electron chi connectivity index (χ1n) is 15.0. The van der Waals surface area contributed by atoms with Crippen molar-refractivity contribution in [2.45, 2.75) is 50.4 Å². The normalized spacial score (nSPS) is 22.6. The first kappa shape index (κ1) is 29.6. The van der Waals surface area contributed by atoms with Gasteiger partial charge in [0.15, 0.2) is 0 Å². The smallest absolute Gasteiger partial charge is 0.248 e. The molecule has 0 bridgehead atoms. The summed E-state index contributed by atoms with van der Waals surface area (Å²) in [5, 5.41) is 3.49. The van der Waals surface area contributed by atoms with E-state index in [-0.39, 0.29) is 30.6 Å². The molecule has 1 amide bonds. The van der Waals surface area contributed by atoms with Gasteiger partial charge in [0.05, 0.1) is 38.2 Å². The number of piperidine rings is 2. The Bertz CT molecular complexity index is 1110. The van der Waals surface area contributed by atoms with E-state index in [9.17, 15) is 4.79 Å². The lowest BCUT2D eigenvalue weighted by Gasteiger charge is -2.39. The minimum atomic E-state index is -0.191. The van der Waals surface area contributed by atoms with Crippen LogP contribution in [0.3, 0.4) is 0 Å². The van der Waals surface area contributed by atoms with E-state index in [2.05, 4.69) is 40.5 Å². The summed E-state index contributed by atoms with van der Waals surface area (Å²) in [6.45, 7) is 6.80. The van der Waals surface area contributed by atoms with Gasteiger partial charge in [-0.05, 0) is 61.1 Å². The molecule has 9 nitrogen and oxygen atoms in total. The lowest BCUT2D eigenvalue weighted by molar-refractivity contribution is -0.141. The molecule has 41 heavy (non-hydrogen) atoms. The summed E-state index contributed by atoms with van der Waals surface area (Å²) in [6.07, 6.45) is 3.98. The molecule has 0 radical (unpaired) electrons. The molecule has 0 spiro atoms. The second-order valence-corrected chi connectivity index (χ2v) is 11.1. The Morgan fingerprint density at radius 3 is 2.51 bits per heavy atom. The maximum Gasteiger partial charge on any atom is 0.248 e. The summed E-state index contributed by atoms with van der Waals surface area (Å²) in [5.41, 5.74) is 3.33. The third-order valence-electron chi connectivity index (χ3n) is 8.35. The zero-order valence-corrected chi connectivity index (χ0v) is 24.5. The molecule has 2 saturated heterocycles. The third-order valence-corrected chi connectivity index (χ3v) is 8.35. The highest BCUT2D eigenvalue weighted by molar-refractivity contribution is 5.77. The van der Waals surface area contributed by atoms with E-state index in [0.29, 0.717) is 26.3 Å². The van der Waals surface area contributed by atoms with Gasteiger partial charge in [-0.15, -0.1) is 0 Å². The Hall–Kier alpha value is -2.85. The zero-order chi connectivity index (χ0) is 28.4. The largest absolute Gasteiger partial charge is 0.497 e. The van der Waals surface area contributed by atoms with Crippen LogP contribution in [0.4, 0.5) is 5.69 Å². The van der Waals surface area contributed by atoms with Crippen molar-refractivity contribution >= 4 is 11.6 Å². The molecule has 1 N–H and O–H groups in total. The number of benzene rings is 2. The molecule has 3 heterocycles. The monoisotopic (exact) mass is 567 g/mol. The number of anilines is 1. The van der Waals surface area contributed by atoms with E-state index in [4.69, 9.17) is 23.7 Å². The molecule has 0 unspecified atom stereocenters. The van der Waals surface area contributed by atoms with E-state index < -0.39 is 0 Å². The second-order valence-electron chi connectivity index (χ2n) is 11.1. The average Bonchev–Trinajstić information content (AvgIpc) is 3.03. The highest BCUT2D eigenvalue weighted by Crippen LogP contribution is 2.35. The number of ether oxygens (including phenoxy) is 5. The Balaban J connectivity index is 1.28. The van der Waals surface area contributed by atoms with Crippen LogP contribution in [0.2, 0.25) is 0 Å². The van der Waals surface area contributed by atoms with Crippen LogP contribution in [0.5, 0.6) is 11.5 Å². The number of methoxy groups -OCH3 is 2. The SMILES string of the molecule is COCCCN1CCOc2ccc(CO[C@H]3CNC[C@@H](OCC(=O)N4CCCCC4)[C@@H]3c3ccc(OC)cc3)cc21. The van der Waals surface area contributed by atoms with Crippen LogP contribution in [0, 0.1) is 0 Å². The fraction of sp³-hybridized carbons (Fsp3) is 0.594. The van der Waals surface area contributed by atoms with E-state index in [1.165, 1.54) is 6.42 Å². The summed E-state index contributed by atoms with van der Waals surface area (Å²) in [5.74, 6) is 1.78. The van der Waals surface area contributed by atoms with Gasteiger partial charge in [-0.1, -0.05) is 18.2 Å². The Labute approximate surface area is 244 Å². The molecule has 2 aromatic carbocycles. The van der Waals surface area contributed by atoms with Gasteiger partial charge in [0.2, 0.25) is 5.91 Å². The van der Waals surface area contributed by atoms with Crippen LogP contribution in [0.15, 0.2) is 42.5 Å². The number of likely N-dealkylation sites (tertiary alicyclic amines) is 1. The van der Waals surface area contributed by atoms with Crippen molar-refractivity contribution in [3.05, 3.63) is 53.6 Å². The summed E-state index contributed by atoms with van der Waals surface area (Å²) in [7, 11) is 3.41. The predicted octanol–water partition coefficient (Wildman–Crippen LogP) is 3.60. The molecular formula is C32H45N3O6. The van der Waals surface area contributed by atoms with Crippen LogP contribution in [0.1, 0.15) is 42.7 Å². The summed E-state index contributed by atoms with van der Waals surface area (Å²) < 4.78 is 29.5. The first-order chi connectivity index (χ1) is 20.2. The minimum Gasteiger partial charge on any atom is -0.497 e. The van der Waals surface area contributed by atoms with Gasteiger partial charge < -0.3 is 38.8 Å². The van der Waals surface area contributed by atoms with Crippen molar-refractivity contribution in [2.24, 2.45) is 0 Å². The molecule has 3 aliphatic heterocycles. The highest BCUT2D eigenvalue weighted by Gasteiger charge is 2.37. The van der Waals surface area contributed by atoms with Crippen molar-refractivity contribution in [2.75, 3.05) is 78.2 Å². The van der Waals surface area contributed by atoms with Crippen molar-refractivity contribution in [3.63, 3.8) is 0 Å². The third kappa shape index (κ3) is 7.71. The Morgan fingerprint density at radius 1 is 0.976 bits per heavy atom. The number of rotatable bonds is 12. The standard InChI is InChI=1S/C32H45N3O6/c1-37-17-6-15-34-16-18-39-28-12-7-24(19-27(28)34)22-40-29-20-33-21-30(32(29)25-8-10-26(38-2)11-9-25)41-23-31(36)35-13-4-3-5-14-35/h7-12,19,29-30,32-33H,3-6,13-18,20-23H2,1-2H3/t29-,30+,32+/m0/s1. The van der Waals surface area contributed by atoms with Crippen LogP contribution in [0.25, 0.3) is 0 Å². The molecule has 2 aromatic rings. The summed E-state index contributed by atoms with van der Waals surface area (Å²) >= 11 is 0. The van der Waals surface area contributed by atoms with Crippen LogP contribution in [-0.4, -0.2) is 96.3 Å².